The van der Waals surface area contributed by atoms with E-state index in [1.54, 1.807) is 0 Å². The minimum atomic E-state index is -0.142. The van der Waals surface area contributed by atoms with Gasteiger partial charge in [0.05, 0.1) is 0 Å². The number of anilines is 1. The van der Waals surface area contributed by atoms with Gasteiger partial charge < -0.3 is 4.90 Å². The smallest absolute Gasteiger partial charge is 0.139 e. The van der Waals surface area contributed by atoms with Gasteiger partial charge in [-0.2, -0.15) is 0 Å². The average molecular weight is 430 g/mol. The third kappa shape index (κ3) is 3.60. The van der Waals surface area contributed by atoms with Crippen LogP contribution in [0.5, 0.6) is 0 Å². The summed E-state index contributed by atoms with van der Waals surface area (Å²) in [5.74, 6) is 0.349. The molecule has 3 nitrogen and oxygen atoms in total. The van der Waals surface area contributed by atoms with Crippen molar-refractivity contribution in [3.8, 4) is 0 Å². The molecule has 1 aliphatic heterocycles. The van der Waals surface area contributed by atoms with E-state index in [2.05, 4.69) is 81.1 Å². The Labute approximate surface area is 192 Å². The number of piperidine rings is 1. The first-order valence-corrected chi connectivity index (χ1v) is 12.1. The van der Waals surface area contributed by atoms with Crippen molar-refractivity contribution in [3.63, 3.8) is 0 Å². The Morgan fingerprint density at radius 3 is 1.56 bits per heavy atom. The molecule has 4 unspecified atom stereocenters. The van der Waals surface area contributed by atoms with Crippen LogP contribution in [0, 0.1) is 22.7 Å². The Balaban J connectivity index is 1.72. The predicted octanol–water partition coefficient (Wildman–Crippen LogP) is 6.04. The molecular weight excluding hydrogens is 394 g/mol. The zero-order chi connectivity index (χ0) is 22.7. The normalized spacial score (nSPS) is 33.4. The molecule has 3 heteroatoms. The van der Waals surface area contributed by atoms with E-state index in [9.17, 15) is 9.59 Å². The quantitative estimate of drug-likeness (QED) is 0.584. The largest absolute Gasteiger partial charge is 0.364 e. The van der Waals surface area contributed by atoms with Gasteiger partial charge in [-0.3, -0.25) is 9.59 Å². The van der Waals surface area contributed by atoms with Crippen molar-refractivity contribution in [1.82, 2.24) is 0 Å². The highest BCUT2D eigenvalue weighted by Gasteiger charge is 2.59. The van der Waals surface area contributed by atoms with E-state index >= 15 is 0 Å². The first-order chi connectivity index (χ1) is 15.2. The molecule has 2 aromatic rings. The summed E-state index contributed by atoms with van der Waals surface area (Å²) >= 11 is 0. The minimum absolute atomic E-state index is 0.0293. The molecule has 4 atom stereocenters. The molecule has 3 aliphatic rings. The predicted molar refractivity (Wildman–Crippen MR) is 129 cm³/mol. The highest BCUT2D eigenvalue weighted by atomic mass is 16.1. The first kappa shape index (κ1) is 21.4. The van der Waals surface area contributed by atoms with Crippen LogP contribution in [0.4, 0.5) is 5.69 Å². The molecule has 0 spiro atoms. The molecule has 0 bridgehead atoms. The maximum absolute atomic E-state index is 13.8. The molecule has 0 radical (unpaired) electrons. The summed E-state index contributed by atoms with van der Waals surface area (Å²) in [6.45, 7) is 8.90. The number of ketones is 2. The van der Waals surface area contributed by atoms with Gasteiger partial charge in [-0.25, -0.2) is 0 Å². The van der Waals surface area contributed by atoms with Crippen molar-refractivity contribution < 1.29 is 9.59 Å². The fourth-order valence-electron chi connectivity index (χ4n) is 7.10. The van der Waals surface area contributed by atoms with Crippen LogP contribution in [0.25, 0.3) is 0 Å². The monoisotopic (exact) mass is 429 g/mol. The highest BCUT2D eigenvalue weighted by Crippen LogP contribution is 2.56. The molecular formula is C29H35NO2. The lowest BCUT2D eigenvalue weighted by Gasteiger charge is -2.60. The van der Waals surface area contributed by atoms with Crippen LogP contribution in [0.15, 0.2) is 60.7 Å². The number of para-hydroxylation sites is 1. The standard InChI is InChI=1S/C29H35NO2/c1-28(2)15-21-26(23(31)17-28)25(19-11-7-5-8-12-19)27-22(16-29(3,4)18-24(27)32)30(21)20-13-9-6-10-14-20/h5-14,21-22,25-27H,15-18H2,1-4H3. The number of fused-ring (bicyclic) bond motifs is 2. The Morgan fingerprint density at radius 1 is 0.656 bits per heavy atom. The van der Waals surface area contributed by atoms with Gasteiger partial charge >= 0.3 is 0 Å². The van der Waals surface area contributed by atoms with Crippen molar-refractivity contribution in [3.05, 3.63) is 66.2 Å². The van der Waals surface area contributed by atoms with Crippen molar-refractivity contribution >= 4 is 17.3 Å². The highest BCUT2D eigenvalue weighted by molar-refractivity contribution is 5.90. The second-order valence-electron chi connectivity index (χ2n) is 11.9. The topological polar surface area (TPSA) is 37.4 Å². The Hall–Kier alpha value is -2.42. The summed E-state index contributed by atoms with van der Waals surface area (Å²) in [5.41, 5.74) is 2.24. The second-order valence-corrected chi connectivity index (χ2v) is 11.9. The maximum Gasteiger partial charge on any atom is 0.139 e. The van der Waals surface area contributed by atoms with Crippen molar-refractivity contribution in [1.29, 1.82) is 0 Å². The van der Waals surface area contributed by atoms with Crippen molar-refractivity contribution in [2.45, 2.75) is 71.4 Å². The molecule has 5 rings (SSSR count). The van der Waals surface area contributed by atoms with E-state index in [4.69, 9.17) is 0 Å². The number of Topliss-reactive ketones (excluding diaryl/α,β-unsaturated/α-hetero) is 2. The van der Waals surface area contributed by atoms with Crippen molar-refractivity contribution in [2.24, 2.45) is 22.7 Å². The lowest BCUT2D eigenvalue weighted by Crippen LogP contribution is -2.66. The summed E-state index contributed by atoms with van der Waals surface area (Å²) in [7, 11) is 0. The summed E-state index contributed by atoms with van der Waals surface area (Å²) in [4.78, 5) is 30.1. The van der Waals surface area contributed by atoms with Gasteiger partial charge in [-0.05, 0) is 41.4 Å². The second kappa shape index (κ2) is 7.57. The number of benzene rings is 2. The van der Waals surface area contributed by atoms with Crippen LogP contribution in [0.1, 0.15) is 64.9 Å². The third-order valence-corrected chi connectivity index (χ3v) is 8.13. The summed E-state index contributed by atoms with van der Waals surface area (Å²) in [6, 6.07) is 21.1. The van der Waals surface area contributed by atoms with Gasteiger partial charge in [-0.1, -0.05) is 76.2 Å². The molecule has 2 aliphatic carbocycles. The maximum atomic E-state index is 13.8. The van der Waals surface area contributed by atoms with E-state index < -0.39 is 0 Å². The van der Waals surface area contributed by atoms with Gasteiger partial charge in [0.15, 0.2) is 0 Å². The molecule has 0 aromatic heterocycles. The molecule has 32 heavy (non-hydrogen) atoms. The zero-order valence-corrected chi connectivity index (χ0v) is 19.8. The number of carbonyl (C=O) groups excluding carboxylic acids is 2. The number of hydrogen-bond donors (Lipinski definition) is 0. The van der Waals surface area contributed by atoms with Crippen LogP contribution in [0.3, 0.4) is 0 Å². The number of hydrogen-bond acceptors (Lipinski definition) is 3. The Bertz CT molecular complexity index is 966. The summed E-state index contributed by atoms with van der Waals surface area (Å²) in [5, 5.41) is 0. The Kier molecular flexibility index (Phi) is 5.07. The van der Waals surface area contributed by atoms with Crippen LogP contribution in [-0.4, -0.2) is 23.7 Å². The number of nitrogens with zero attached hydrogens (tertiary/aromatic N) is 1. The molecule has 0 N–H and O–H groups in total. The van der Waals surface area contributed by atoms with Crippen LogP contribution >= 0.6 is 0 Å². The number of carbonyl (C=O) groups is 2. The van der Waals surface area contributed by atoms with Crippen LogP contribution in [0.2, 0.25) is 0 Å². The van der Waals surface area contributed by atoms with E-state index in [0.717, 1.165) is 24.1 Å². The summed E-state index contributed by atoms with van der Waals surface area (Å²) < 4.78 is 0. The SMILES string of the molecule is CC1(C)CC(=O)C2C(c3ccccc3)C3C(=O)CC(C)(C)CC3N(c3ccccc3)C2C1. The summed E-state index contributed by atoms with van der Waals surface area (Å²) in [6.07, 6.45) is 3.13. The molecule has 3 fully saturated rings. The number of rotatable bonds is 2. The fourth-order valence-corrected chi connectivity index (χ4v) is 7.10. The first-order valence-electron chi connectivity index (χ1n) is 12.1. The van der Waals surface area contributed by atoms with E-state index in [-0.39, 0.29) is 40.7 Å². The third-order valence-electron chi connectivity index (χ3n) is 8.13. The molecule has 0 amide bonds. The van der Waals surface area contributed by atoms with E-state index in [0.29, 0.717) is 24.4 Å². The molecule has 2 aromatic carbocycles. The van der Waals surface area contributed by atoms with Crippen LogP contribution < -0.4 is 4.90 Å². The lowest BCUT2D eigenvalue weighted by molar-refractivity contribution is -0.138. The average Bonchev–Trinajstić information content (AvgIpc) is 2.72. The lowest BCUT2D eigenvalue weighted by atomic mass is 9.53. The van der Waals surface area contributed by atoms with Gasteiger partial charge in [0.2, 0.25) is 0 Å². The molecule has 1 heterocycles. The Morgan fingerprint density at radius 2 is 1.09 bits per heavy atom. The molecule has 2 saturated carbocycles. The van der Waals surface area contributed by atoms with Gasteiger partial charge in [0, 0.05) is 48.4 Å². The minimum Gasteiger partial charge on any atom is -0.364 e. The van der Waals surface area contributed by atoms with Gasteiger partial charge in [-0.15, -0.1) is 0 Å². The van der Waals surface area contributed by atoms with Gasteiger partial charge in [0.1, 0.15) is 11.6 Å². The zero-order valence-electron chi connectivity index (χ0n) is 19.8. The molecule has 168 valence electrons. The molecule has 1 saturated heterocycles. The van der Waals surface area contributed by atoms with Crippen LogP contribution in [-0.2, 0) is 9.59 Å². The van der Waals surface area contributed by atoms with Crippen molar-refractivity contribution in [2.75, 3.05) is 4.90 Å². The van der Waals surface area contributed by atoms with Gasteiger partial charge in [0.25, 0.3) is 0 Å². The fraction of sp³-hybridized carbons (Fsp3) is 0.517. The van der Waals surface area contributed by atoms with E-state index in [1.807, 2.05) is 12.1 Å². The van der Waals surface area contributed by atoms with E-state index in [1.165, 1.54) is 0 Å².